The van der Waals surface area contributed by atoms with Gasteiger partial charge in [-0.15, -0.1) is 0 Å². The molecule has 0 spiro atoms. The molecule has 3 nitrogen and oxygen atoms in total. The SMILES string of the molecule is CCCCNC(CC(C)C)C(=O)N(C)C. The van der Waals surface area contributed by atoms with Gasteiger partial charge < -0.3 is 10.2 Å². The maximum absolute atomic E-state index is 11.8. The van der Waals surface area contributed by atoms with E-state index in [1.165, 1.54) is 0 Å². The van der Waals surface area contributed by atoms with Crippen molar-refractivity contribution in [1.29, 1.82) is 0 Å². The second-order valence-electron chi connectivity index (χ2n) is 4.72. The summed E-state index contributed by atoms with van der Waals surface area (Å²) < 4.78 is 0. The van der Waals surface area contributed by atoms with Crippen molar-refractivity contribution in [3.63, 3.8) is 0 Å². The van der Waals surface area contributed by atoms with E-state index >= 15 is 0 Å². The quantitative estimate of drug-likeness (QED) is 0.656. The maximum Gasteiger partial charge on any atom is 0.239 e. The molecule has 0 aromatic carbocycles. The second kappa shape index (κ2) is 7.69. The first kappa shape index (κ1) is 14.4. The average Bonchev–Trinajstić information content (AvgIpc) is 2.14. The number of amides is 1. The molecule has 3 heteroatoms. The number of likely N-dealkylation sites (N-methyl/N-ethyl adjacent to an activating group) is 1. The van der Waals surface area contributed by atoms with Gasteiger partial charge in [-0.05, 0) is 25.3 Å². The highest BCUT2D eigenvalue weighted by molar-refractivity contribution is 5.81. The van der Waals surface area contributed by atoms with E-state index in [1.807, 2.05) is 14.1 Å². The van der Waals surface area contributed by atoms with Crippen LogP contribution < -0.4 is 5.32 Å². The first-order valence-corrected chi connectivity index (χ1v) is 5.93. The van der Waals surface area contributed by atoms with Gasteiger partial charge in [0.25, 0.3) is 0 Å². The van der Waals surface area contributed by atoms with Gasteiger partial charge in [-0.2, -0.15) is 0 Å². The Labute approximate surface area is 94.2 Å². The molecule has 0 fully saturated rings. The van der Waals surface area contributed by atoms with Crippen LogP contribution in [0.2, 0.25) is 0 Å². The van der Waals surface area contributed by atoms with Crippen LogP contribution in [0.15, 0.2) is 0 Å². The molecule has 1 atom stereocenters. The zero-order valence-electron chi connectivity index (χ0n) is 10.8. The van der Waals surface area contributed by atoms with E-state index < -0.39 is 0 Å². The fraction of sp³-hybridized carbons (Fsp3) is 0.917. The zero-order valence-corrected chi connectivity index (χ0v) is 10.8. The van der Waals surface area contributed by atoms with Gasteiger partial charge in [-0.1, -0.05) is 27.2 Å². The molecule has 0 rings (SSSR count). The van der Waals surface area contributed by atoms with E-state index in [9.17, 15) is 4.79 Å². The highest BCUT2D eigenvalue weighted by atomic mass is 16.2. The summed E-state index contributed by atoms with van der Waals surface area (Å²) in [7, 11) is 3.63. The minimum absolute atomic E-state index is 0.00782. The van der Waals surface area contributed by atoms with Crippen molar-refractivity contribution in [3.8, 4) is 0 Å². The van der Waals surface area contributed by atoms with Crippen molar-refractivity contribution >= 4 is 5.91 Å². The standard InChI is InChI=1S/C12H26N2O/c1-6-7-8-13-11(9-10(2)3)12(15)14(4)5/h10-11,13H,6-9H2,1-5H3. The van der Waals surface area contributed by atoms with Crippen LogP contribution in [0.4, 0.5) is 0 Å². The number of hydrogen-bond acceptors (Lipinski definition) is 2. The molecule has 0 heterocycles. The second-order valence-corrected chi connectivity index (χ2v) is 4.72. The zero-order chi connectivity index (χ0) is 11.8. The third-order valence-electron chi connectivity index (χ3n) is 2.37. The maximum atomic E-state index is 11.8. The summed E-state index contributed by atoms with van der Waals surface area (Å²) in [5.41, 5.74) is 0. The van der Waals surface area contributed by atoms with E-state index in [4.69, 9.17) is 0 Å². The lowest BCUT2D eigenvalue weighted by atomic mass is 10.0. The lowest BCUT2D eigenvalue weighted by molar-refractivity contribution is -0.131. The number of nitrogens with zero attached hydrogens (tertiary/aromatic N) is 1. The molecular formula is C12H26N2O. The summed E-state index contributed by atoms with van der Waals surface area (Å²) in [6.07, 6.45) is 3.22. The summed E-state index contributed by atoms with van der Waals surface area (Å²) in [6.45, 7) is 7.40. The van der Waals surface area contributed by atoms with Crippen molar-refractivity contribution in [2.24, 2.45) is 5.92 Å². The Morgan fingerprint density at radius 2 is 1.93 bits per heavy atom. The van der Waals surface area contributed by atoms with Crippen molar-refractivity contribution < 1.29 is 4.79 Å². The van der Waals surface area contributed by atoms with Gasteiger partial charge in [-0.25, -0.2) is 0 Å². The largest absolute Gasteiger partial charge is 0.347 e. The van der Waals surface area contributed by atoms with Crippen LogP contribution in [-0.4, -0.2) is 37.5 Å². The van der Waals surface area contributed by atoms with Gasteiger partial charge in [-0.3, -0.25) is 4.79 Å². The van der Waals surface area contributed by atoms with Crippen molar-refractivity contribution in [2.45, 2.75) is 46.1 Å². The molecule has 0 saturated carbocycles. The lowest BCUT2D eigenvalue weighted by Crippen LogP contribution is -2.44. The summed E-state index contributed by atoms with van der Waals surface area (Å²) in [5.74, 6) is 0.743. The number of carbonyl (C=O) groups excluding carboxylic acids is 1. The third-order valence-corrected chi connectivity index (χ3v) is 2.37. The van der Waals surface area contributed by atoms with Gasteiger partial charge in [0, 0.05) is 14.1 Å². The van der Waals surface area contributed by atoms with Gasteiger partial charge in [0.05, 0.1) is 6.04 Å². The summed E-state index contributed by atoms with van der Waals surface area (Å²) in [4.78, 5) is 13.5. The van der Waals surface area contributed by atoms with Gasteiger partial charge in [0.2, 0.25) is 5.91 Å². The van der Waals surface area contributed by atoms with E-state index in [1.54, 1.807) is 4.90 Å². The summed E-state index contributed by atoms with van der Waals surface area (Å²) in [5, 5.41) is 3.34. The molecule has 0 radical (unpaired) electrons. The normalized spacial score (nSPS) is 12.9. The smallest absolute Gasteiger partial charge is 0.239 e. The van der Waals surface area contributed by atoms with E-state index in [-0.39, 0.29) is 11.9 Å². The van der Waals surface area contributed by atoms with Crippen LogP contribution in [0.1, 0.15) is 40.0 Å². The average molecular weight is 214 g/mol. The minimum Gasteiger partial charge on any atom is -0.347 e. The van der Waals surface area contributed by atoms with E-state index in [0.717, 1.165) is 25.8 Å². The molecule has 0 aliphatic rings. The van der Waals surface area contributed by atoms with Crippen molar-refractivity contribution in [3.05, 3.63) is 0 Å². The first-order valence-electron chi connectivity index (χ1n) is 5.93. The fourth-order valence-electron chi connectivity index (χ4n) is 1.51. The van der Waals surface area contributed by atoms with Crippen LogP contribution in [0, 0.1) is 5.92 Å². The Morgan fingerprint density at radius 3 is 2.33 bits per heavy atom. The first-order chi connectivity index (χ1) is 6.99. The fourth-order valence-corrected chi connectivity index (χ4v) is 1.51. The minimum atomic E-state index is -0.00782. The van der Waals surface area contributed by atoms with Gasteiger partial charge in [0.1, 0.15) is 0 Å². The molecule has 0 bridgehead atoms. The monoisotopic (exact) mass is 214 g/mol. The van der Waals surface area contributed by atoms with Crippen LogP contribution >= 0.6 is 0 Å². The Balaban J connectivity index is 4.11. The van der Waals surface area contributed by atoms with Crippen LogP contribution in [0.5, 0.6) is 0 Å². The number of carbonyl (C=O) groups is 1. The predicted octanol–water partition coefficient (Wildman–Crippen LogP) is 1.88. The highest BCUT2D eigenvalue weighted by Gasteiger charge is 2.20. The molecule has 0 aliphatic carbocycles. The number of hydrogen-bond donors (Lipinski definition) is 1. The van der Waals surface area contributed by atoms with E-state index in [0.29, 0.717) is 5.92 Å². The number of nitrogens with one attached hydrogen (secondary N) is 1. The van der Waals surface area contributed by atoms with Crippen molar-refractivity contribution in [1.82, 2.24) is 10.2 Å². The Hall–Kier alpha value is -0.570. The predicted molar refractivity (Wildman–Crippen MR) is 64.8 cm³/mol. The molecule has 1 unspecified atom stereocenters. The molecular weight excluding hydrogens is 188 g/mol. The molecule has 90 valence electrons. The molecule has 1 N–H and O–H groups in total. The lowest BCUT2D eigenvalue weighted by Gasteiger charge is -2.23. The molecule has 0 aliphatic heterocycles. The van der Waals surface area contributed by atoms with Gasteiger partial charge >= 0.3 is 0 Å². The Bertz CT molecular complexity index is 178. The molecule has 15 heavy (non-hydrogen) atoms. The summed E-state index contributed by atoms with van der Waals surface area (Å²) >= 11 is 0. The van der Waals surface area contributed by atoms with Crippen LogP contribution in [0.3, 0.4) is 0 Å². The van der Waals surface area contributed by atoms with Crippen LogP contribution in [0.25, 0.3) is 0 Å². The number of rotatable bonds is 7. The highest BCUT2D eigenvalue weighted by Crippen LogP contribution is 2.06. The Kier molecular flexibility index (Phi) is 7.39. The topological polar surface area (TPSA) is 32.3 Å². The van der Waals surface area contributed by atoms with E-state index in [2.05, 4.69) is 26.1 Å². The molecule has 0 saturated heterocycles. The molecule has 0 aromatic heterocycles. The van der Waals surface area contributed by atoms with Gasteiger partial charge in [0.15, 0.2) is 0 Å². The molecule has 0 aromatic rings. The summed E-state index contributed by atoms with van der Waals surface area (Å²) in [6, 6.07) is -0.00782. The Morgan fingerprint density at radius 1 is 1.33 bits per heavy atom. The molecule has 1 amide bonds. The number of unbranched alkanes of at least 4 members (excludes halogenated alkanes) is 1. The van der Waals surface area contributed by atoms with Crippen molar-refractivity contribution in [2.75, 3.05) is 20.6 Å². The third kappa shape index (κ3) is 6.50. The van der Waals surface area contributed by atoms with Crippen LogP contribution in [-0.2, 0) is 4.79 Å².